The Labute approximate surface area is 84.3 Å². The molecule has 2 aliphatic rings. The van der Waals surface area contributed by atoms with E-state index < -0.39 is 0 Å². The highest BCUT2D eigenvalue weighted by Crippen LogP contribution is 2.43. The van der Waals surface area contributed by atoms with Crippen LogP contribution in [0.2, 0.25) is 0 Å². The van der Waals surface area contributed by atoms with Crippen molar-refractivity contribution in [3.05, 3.63) is 11.8 Å². The monoisotopic (exact) mass is 195 g/mol. The van der Waals surface area contributed by atoms with E-state index in [0.717, 1.165) is 19.3 Å². The third-order valence-electron chi connectivity index (χ3n) is 3.36. The summed E-state index contributed by atoms with van der Waals surface area (Å²) in [5.74, 6) is 0.720. The molecule has 0 saturated heterocycles. The van der Waals surface area contributed by atoms with Crippen LogP contribution in [0.4, 0.5) is 0 Å². The topological polar surface area (TPSA) is 52.3 Å². The molecule has 0 radical (unpaired) electrons. The highest BCUT2D eigenvalue weighted by atomic mass is 16.5. The summed E-state index contributed by atoms with van der Waals surface area (Å²) >= 11 is 0. The lowest BCUT2D eigenvalue weighted by molar-refractivity contribution is -0.122. The van der Waals surface area contributed by atoms with E-state index in [4.69, 9.17) is 10.5 Å². The average Bonchev–Trinajstić information content (AvgIpc) is 2.63. The zero-order valence-corrected chi connectivity index (χ0v) is 8.42. The number of carbonyl (C=O) groups is 1. The minimum atomic E-state index is 0.101. The third kappa shape index (κ3) is 1.69. The number of ether oxygens (including phenoxy) is 1. The van der Waals surface area contributed by atoms with Gasteiger partial charge in [0.1, 0.15) is 0 Å². The van der Waals surface area contributed by atoms with Gasteiger partial charge in [0, 0.05) is 12.8 Å². The van der Waals surface area contributed by atoms with Crippen LogP contribution in [-0.4, -0.2) is 18.9 Å². The van der Waals surface area contributed by atoms with Crippen LogP contribution >= 0.6 is 0 Å². The largest absolute Gasteiger partial charge is 0.490 e. The van der Waals surface area contributed by atoms with Crippen molar-refractivity contribution in [2.24, 2.45) is 11.1 Å². The van der Waals surface area contributed by atoms with Gasteiger partial charge in [-0.1, -0.05) is 6.42 Å². The summed E-state index contributed by atoms with van der Waals surface area (Å²) in [5, 5.41) is 0. The van der Waals surface area contributed by atoms with Crippen LogP contribution in [0, 0.1) is 5.41 Å². The maximum atomic E-state index is 11.8. The minimum Gasteiger partial charge on any atom is -0.490 e. The van der Waals surface area contributed by atoms with Gasteiger partial charge in [-0.05, 0) is 30.9 Å². The first kappa shape index (κ1) is 9.71. The number of ketones is 1. The standard InChI is InChI=1S/C11H17NO2/c12-8-11(4-2-5-11)7-9(13)10-3-1-6-14-10/h3H,1-2,4-8,12H2. The van der Waals surface area contributed by atoms with Gasteiger partial charge >= 0.3 is 0 Å². The first-order valence-electron chi connectivity index (χ1n) is 5.32. The highest BCUT2D eigenvalue weighted by Gasteiger charge is 2.38. The number of nitrogens with two attached hydrogens (primary N) is 1. The lowest BCUT2D eigenvalue weighted by atomic mass is 9.66. The second-order valence-corrected chi connectivity index (χ2v) is 4.36. The van der Waals surface area contributed by atoms with Gasteiger partial charge in [0.25, 0.3) is 0 Å². The lowest BCUT2D eigenvalue weighted by Gasteiger charge is -2.40. The molecule has 1 heterocycles. The van der Waals surface area contributed by atoms with E-state index in [1.54, 1.807) is 0 Å². The summed E-state index contributed by atoms with van der Waals surface area (Å²) < 4.78 is 5.24. The molecule has 2 rings (SSSR count). The van der Waals surface area contributed by atoms with E-state index in [0.29, 0.717) is 25.3 Å². The van der Waals surface area contributed by atoms with E-state index in [1.807, 2.05) is 6.08 Å². The van der Waals surface area contributed by atoms with Gasteiger partial charge in [-0.2, -0.15) is 0 Å². The van der Waals surface area contributed by atoms with Gasteiger partial charge < -0.3 is 10.5 Å². The van der Waals surface area contributed by atoms with Crippen molar-refractivity contribution in [2.75, 3.05) is 13.2 Å². The van der Waals surface area contributed by atoms with E-state index in [1.165, 1.54) is 6.42 Å². The predicted molar refractivity (Wildman–Crippen MR) is 53.6 cm³/mol. The molecule has 3 nitrogen and oxygen atoms in total. The molecule has 1 fully saturated rings. The maximum absolute atomic E-state index is 11.8. The summed E-state index contributed by atoms with van der Waals surface area (Å²) in [7, 11) is 0. The fourth-order valence-electron chi connectivity index (χ4n) is 2.17. The molecule has 3 heteroatoms. The molecule has 0 amide bonds. The van der Waals surface area contributed by atoms with Gasteiger partial charge in [0.2, 0.25) is 0 Å². The molecule has 0 aromatic heterocycles. The molecule has 0 aromatic rings. The fraction of sp³-hybridized carbons (Fsp3) is 0.727. The summed E-state index contributed by atoms with van der Waals surface area (Å²) in [6.07, 6.45) is 6.76. The Bertz CT molecular complexity index is 261. The summed E-state index contributed by atoms with van der Waals surface area (Å²) in [5.41, 5.74) is 5.80. The Morgan fingerprint density at radius 2 is 2.36 bits per heavy atom. The van der Waals surface area contributed by atoms with Gasteiger partial charge in [0.05, 0.1) is 6.61 Å². The molecule has 1 saturated carbocycles. The molecular weight excluding hydrogens is 178 g/mol. The number of allylic oxidation sites excluding steroid dienone is 1. The summed E-state index contributed by atoms with van der Waals surface area (Å²) in [6, 6.07) is 0. The normalized spacial score (nSPS) is 23.6. The maximum Gasteiger partial charge on any atom is 0.197 e. The lowest BCUT2D eigenvalue weighted by Crippen LogP contribution is -2.39. The number of Topliss-reactive ketones (excluding diaryl/α,β-unsaturated/α-hetero) is 1. The molecule has 78 valence electrons. The third-order valence-corrected chi connectivity index (χ3v) is 3.36. The Morgan fingerprint density at radius 3 is 2.79 bits per heavy atom. The fourth-order valence-corrected chi connectivity index (χ4v) is 2.17. The van der Waals surface area contributed by atoms with Crippen molar-refractivity contribution >= 4 is 5.78 Å². The second-order valence-electron chi connectivity index (χ2n) is 4.36. The zero-order chi connectivity index (χ0) is 10.0. The van der Waals surface area contributed by atoms with Crippen molar-refractivity contribution in [3.63, 3.8) is 0 Å². The summed E-state index contributed by atoms with van der Waals surface area (Å²) in [6.45, 7) is 1.29. The van der Waals surface area contributed by atoms with Crippen molar-refractivity contribution in [3.8, 4) is 0 Å². The quantitative estimate of drug-likeness (QED) is 0.737. The molecule has 14 heavy (non-hydrogen) atoms. The zero-order valence-electron chi connectivity index (χ0n) is 8.42. The second kappa shape index (κ2) is 3.73. The van der Waals surface area contributed by atoms with Crippen molar-refractivity contribution in [1.29, 1.82) is 0 Å². The van der Waals surface area contributed by atoms with Crippen LogP contribution in [0.1, 0.15) is 32.1 Å². The van der Waals surface area contributed by atoms with Crippen molar-refractivity contribution in [2.45, 2.75) is 32.1 Å². The molecule has 2 N–H and O–H groups in total. The summed E-state index contributed by atoms with van der Waals surface area (Å²) in [4.78, 5) is 11.8. The van der Waals surface area contributed by atoms with Gasteiger partial charge in [-0.25, -0.2) is 0 Å². The van der Waals surface area contributed by atoms with E-state index in [-0.39, 0.29) is 11.2 Å². The Balaban J connectivity index is 1.93. The first-order valence-corrected chi connectivity index (χ1v) is 5.32. The highest BCUT2D eigenvalue weighted by molar-refractivity contribution is 5.94. The molecule has 0 atom stereocenters. The van der Waals surface area contributed by atoms with Gasteiger partial charge in [-0.3, -0.25) is 4.79 Å². The van der Waals surface area contributed by atoms with E-state index >= 15 is 0 Å². The first-order chi connectivity index (χ1) is 6.76. The molecule has 0 spiro atoms. The molecular formula is C11H17NO2. The van der Waals surface area contributed by atoms with Crippen molar-refractivity contribution in [1.82, 2.24) is 0 Å². The van der Waals surface area contributed by atoms with E-state index in [9.17, 15) is 4.79 Å². The molecule has 0 aromatic carbocycles. The Hall–Kier alpha value is -0.830. The molecule has 0 bridgehead atoms. The van der Waals surface area contributed by atoms with Crippen LogP contribution < -0.4 is 5.73 Å². The van der Waals surface area contributed by atoms with E-state index in [2.05, 4.69) is 0 Å². The smallest absolute Gasteiger partial charge is 0.197 e. The number of hydrogen-bond acceptors (Lipinski definition) is 3. The van der Waals surface area contributed by atoms with Crippen molar-refractivity contribution < 1.29 is 9.53 Å². The molecule has 0 unspecified atom stereocenters. The minimum absolute atomic E-state index is 0.101. The SMILES string of the molecule is NCC1(CC(=O)C2=CCCO2)CCC1. The average molecular weight is 195 g/mol. The van der Waals surface area contributed by atoms with Gasteiger partial charge in [0.15, 0.2) is 11.5 Å². The van der Waals surface area contributed by atoms with Crippen LogP contribution in [0.15, 0.2) is 11.8 Å². The van der Waals surface area contributed by atoms with Crippen LogP contribution in [0.5, 0.6) is 0 Å². The Kier molecular flexibility index (Phi) is 2.59. The van der Waals surface area contributed by atoms with Crippen LogP contribution in [-0.2, 0) is 9.53 Å². The predicted octanol–water partition coefficient (Wildman–Crippen LogP) is 1.38. The van der Waals surface area contributed by atoms with Crippen LogP contribution in [0.25, 0.3) is 0 Å². The molecule has 1 aliphatic heterocycles. The Morgan fingerprint density at radius 1 is 1.57 bits per heavy atom. The molecule has 1 aliphatic carbocycles. The van der Waals surface area contributed by atoms with Crippen LogP contribution in [0.3, 0.4) is 0 Å². The number of rotatable bonds is 4. The van der Waals surface area contributed by atoms with Gasteiger partial charge in [-0.15, -0.1) is 0 Å². The number of hydrogen-bond donors (Lipinski definition) is 1. The number of carbonyl (C=O) groups excluding carboxylic acids is 1.